The Labute approximate surface area is 204 Å². The van der Waals surface area contributed by atoms with Gasteiger partial charge in [0.2, 0.25) is 0 Å². The highest BCUT2D eigenvalue weighted by molar-refractivity contribution is 6.30. The monoisotopic (exact) mass is 491 g/mol. The van der Waals surface area contributed by atoms with Crippen molar-refractivity contribution in [1.29, 1.82) is 0 Å². The van der Waals surface area contributed by atoms with E-state index in [1.807, 2.05) is 32.0 Å². The van der Waals surface area contributed by atoms with Gasteiger partial charge in [-0.15, -0.1) is 0 Å². The Bertz CT molecular complexity index is 1010. The Morgan fingerprint density at radius 2 is 1.97 bits per heavy atom. The number of likely N-dealkylation sites (N-methyl/N-ethyl adjacent to an activating group) is 1. The van der Waals surface area contributed by atoms with Gasteiger partial charge in [0.25, 0.3) is 0 Å². The van der Waals surface area contributed by atoms with Gasteiger partial charge in [-0.3, -0.25) is 4.79 Å². The first-order valence-corrected chi connectivity index (χ1v) is 11.8. The van der Waals surface area contributed by atoms with Crippen molar-refractivity contribution in [3.8, 4) is 0 Å². The summed E-state index contributed by atoms with van der Waals surface area (Å²) < 4.78 is 24.6. The van der Waals surface area contributed by atoms with E-state index >= 15 is 0 Å². The zero-order valence-electron chi connectivity index (χ0n) is 19.7. The van der Waals surface area contributed by atoms with Gasteiger partial charge < -0.3 is 25.0 Å². The number of esters is 1. The van der Waals surface area contributed by atoms with Crippen molar-refractivity contribution < 1.29 is 23.5 Å². The van der Waals surface area contributed by atoms with Gasteiger partial charge in [-0.1, -0.05) is 24.6 Å². The Kier molecular flexibility index (Phi) is 9.12. The van der Waals surface area contributed by atoms with E-state index in [2.05, 4.69) is 15.5 Å². The molecule has 1 aliphatic rings. The number of amides is 2. The predicted molar refractivity (Wildman–Crippen MR) is 132 cm³/mol. The highest BCUT2D eigenvalue weighted by atomic mass is 35.5. The largest absolute Gasteiger partial charge is 0.469 e. The number of carbonyl (C=O) groups is 2. The number of benzene rings is 2. The van der Waals surface area contributed by atoms with E-state index in [1.54, 1.807) is 0 Å². The van der Waals surface area contributed by atoms with E-state index in [0.717, 1.165) is 36.7 Å². The number of anilines is 3. The summed E-state index contributed by atoms with van der Waals surface area (Å²) in [6, 6.07) is 9.46. The average Bonchev–Trinajstić information content (AvgIpc) is 3.35. The first-order valence-electron chi connectivity index (χ1n) is 11.4. The highest BCUT2D eigenvalue weighted by Gasteiger charge is 2.26. The van der Waals surface area contributed by atoms with Crippen LogP contribution in [-0.2, 0) is 14.3 Å². The Morgan fingerprint density at radius 3 is 2.59 bits per heavy atom. The quantitative estimate of drug-likeness (QED) is 0.434. The number of hydrogen-bond donors (Lipinski definition) is 2. The molecule has 2 aromatic rings. The molecule has 2 unspecified atom stereocenters. The first kappa shape index (κ1) is 25.8. The van der Waals surface area contributed by atoms with Gasteiger partial charge in [0.1, 0.15) is 5.82 Å². The van der Waals surface area contributed by atoms with Crippen LogP contribution in [0, 0.1) is 5.82 Å². The van der Waals surface area contributed by atoms with E-state index in [-0.39, 0.29) is 35.1 Å². The van der Waals surface area contributed by atoms with Gasteiger partial charge in [-0.2, -0.15) is 0 Å². The second-order valence-corrected chi connectivity index (χ2v) is 8.61. The van der Waals surface area contributed by atoms with E-state index in [0.29, 0.717) is 18.9 Å². The van der Waals surface area contributed by atoms with Gasteiger partial charge in [0.15, 0.2) is 0 Å². The van der Waals surface area contributed by atoms with Crippen LogP contribution >= 0.6 is 11.6 Å². The molecule has 2 amide bonds. The van der Waals surface area contributed by atoms with Crippen molar-refractivity contribution in [3.63, 3.8) is 0 Å². The molecule has 0 radical (unpaired) electrons. The molecule has 1 heterocycles. The van der Waals surface area contributed by atoms with Crippen molar-refractivity contribution in [2.45, 2.75) is 45.1 Å². The average molecular weight is 492 g/mol. The van der Waals surface area contributed by atoms with Gasteiger partial charge in [0.05, 0.1) is 43.2 Å². The summed E-state index contributed by atoms with van der Waals surface area (Å²) in [4.78, 5) is 26.9. The molecule has 0 spiro atoms. The number of nitrogens with zero attached hydrogens (tertiary/aromatic N) is 1. The van der Waals surface area contributed by atoms with Crippen LogP contribution in [0.2, 0.25) is 5.02 Å². The Balaban J connectivity index is 1.92. The number of ether oxygens (including phenoxy) is 2. The van der Waals surface area contributed by atoms with Crippen LogP contribution in [0.5, 0.6) is 0 Å². The van der Waals surface area contributed by atoms with Crippen LogP contribution in [0.15, 0.2) is 36.4 Å². The van der Waals surface area contributed by atoms with Gasteiger partial charge in [-0.05, 0) is 61.6 Å². The lowest BCUT2D eigenvalue weighted by Gasteiger charge is -2.31. The molecule has 9 heteroatoms. The maximum Gasteiger partial charge on any atom is 0.323 e. The normalized spacial score (nSPS) is 16.1. The van der Waals surface area contributed by atoms with E-state index < -0.39 is 11.8 Å². The van der Waals surface area contributed by atoms with Crippen molar-refractivity contribution >= 4 is 40.7 Å². The number of hydrogen-bond acceptors (Lipinski definition) is 5. The summed E-state index contributed by atoms with van der Waals surface area (Å²) in [6.07, 6.45) is 1.85. The molecular weight excluding hydrogens is 461 g/mol. The molecule has 0 bridgehead atoms. The van der Waals surface area contributed by atoms with Crippen LogP contribution in [0.3, 0.4) is 0 Å². The van der Waals surface area contributed by atoms with Gasteiger partial charge >= 0.3 is 12.0 Å². The lowest BCUT2D eigenvalue weighted by molar-refractivity contribution is -0.141. The summed E-state index contributed by atoms with van der Waals surface area (Å²) in [6.45, 7) is 6.06. The number of urea groups is 1. The van der Waals surface area contributed by atoms with Crippen molar-refractivity contribution in [2.75, 3.05) is 42.4 Å². The Morgan fingerprint density at radius 1 is 1.21 bits per heavy atom. The summed E-state index contributed by atoms with van der Waals surface area (Å²) >= 11 is 5.81. The number of methoxy groups -OCH3 is 1. The molecule has 1 aliphatic heterocycles. The standard InChI is InChI=1S/C25H31ClFN3O4/c1-4-16(13-24(31)33-3)17-6-9-23(30(5-2)19-10-11-34-15-19)22(12-17)29-25(32)28-21-8-7-18(26)14-20(21)27/h6-9,12,14,16,19H,4-5,10-11,13,15H2,1-3H3,(H2,28,29,32). The highest BCUT2D eigenvalue weighted by Crippen LogP contribution is 2.35. The SMILES string of the molecule is CCC(CC(=O)OC)c1ccc(N(CC)C2CCOC2)c(NC(=O)Nc2ccc(Cl)cc2F)c1. The van der Waals surface area contributed by atoms with Crippen LogP contribution in [0.25, 0.3) is 0 Å². The Hall–Kier alpha value is -2.84. The van der Waals surface area contributed by atoms with Gasteiger partial charge in [0, 0.05) is 18.2 Å². The molecule has 3 rings (SSSR count). The van der Waals surface area contributed by atoms with E-state index in [9.17, 15) is 14.0 Å². The topological polar surface area (TPSA) is 79.9 Å². The van der Waals surface area contributed by atoms with Crippen LogP contribution in [-0.4, -0.2) is 44.9 Å². The first-order chi connectivity index (χ1) is 16.4. The third kappa shape index (κ3) is 6.39. The zero-order chi connectivity index (χ0) is 24.7. The summed E-state index contributed by atoms with van der Waals surface area (Å²) in [5.74, 6) is -0.984. The molecule has 2 N–H and O–H groups in total. The van der Waals surface area contributed by atoms with Crippen LogP contribution < -0.4 is 15.5 Å². The third-order valence-electron chi connectivity index (χ3n) is 6.05. The van der Waals surface area contributed by atoms with E-state index in [1.165, 1.54) is 19.2 Å². The molecule has 0 aliphatic carbocycles. The molecule has 2 atom stereocenters. The molecule has 0 aromatic heterocycles. The lowest BCUT2D eigenvalue weighted by atomic mass is 9.92. The van der Waals surface area contributed by atoms with Crippen molar-refractivity contribution in [1.82, 2.24) is 0 Å². The molecule has 2 aromatic carbocycles. The maximum absolute atomic E-state index is 14.2. The fraction of sp³-hybridized carbons (Fsp3) is 0.440. The maximum atomic E-state index is 14.2. The number of rotatable bonds is 9. The van der Waals surface area contributed by atoms with Crippen molar-refractivity contribution in [3.05, 3.63) is 52.8 Å². The minimum atomic E-state index is -0.626. The van der Waals surface area contributed by atoms with Crippen LogP contribution in [0.4, 0.5) is 26.2 Å². The molecule has 7 nitrogen and oxygen atoms in total. The molecule has 34 heavy (non-hydrogen) atoms. The lowest BCUT2D eigenvalue weighted by Crippen LogP contribution is -2.36. The summed E-state index contributed by atoms with van der Waals surface area (Å²) in [5.41, 5.74) is 2.33. The minimum Gasteiger partial charge on any atom is -0.469 e. The fourth-order valence-corrected chi connectivity index (χ4v) is 4.36. The fourth-order valence-electron chi connectivity index (χ4n) is 4.20. The number of carbonyl (C=O) groups excluding carboxylic acids is 2. The zero-order valence-corrected chi connectivity index (χ0v) is 20.5. The molecular formula is C25H31ClFN3O4. The predicted octanol–water partition coefficient (Wildman–Crippen LogP) is 5.80. The second-order valence-electron chi connectivity index (χ2n) is 8.17. The molecule has 184 valence electrons. The number of halogens is 2. The second kappa shape index (κ2) is 12.0. The van der Waals surface area contributed by atoms with Crippen molar-refractivity contribution in [2.24, 2.45) is 0 Å². The molecule has 1 saturated heterocycles. The molecule has 0 saturated carbocycles. The minimum absolute atomic E-state index is 0.0215. The summed E-state index contributed by atoms with van der Waals surface area (Å²) in [7, 11) is 1.37. The molecule has 1 fully saturated rings. The van der Waals surface area contributed by atoms with Gasteiger partial charge in [-0.25, -0.2) is 9.18 Å². The smallest absolute Gasteiger partial charge is 0.323 e. The van der Waals surface area contributed by atoms with E-state index in [4.69, 9.17) is 21.1 Å². The summed E-state index contributed by atoms with van der Waals surface area (Å²) in [5, 5.41) is 5.66. The number of nitrogens with one attached hydrogen (secondary N) is 2. The third-order valence-corrected chi connectivity index (χ3v) is 6.28. The van der Waals surface area contributed by atoms with Crippen LogP contribution in [0.1, 0.15) is 44.6 Å².